The number of nitrogens with zero attached hydrogens (tertiary/aromatic N) is 2. The second-order valence-corrected chi connectivity index (χ2v) is 9.58. The van der Waals surface area contributed by atoms with Crippen molar-refractivity contribution in [1.29, 1.82) is 0 Å². The second kappa shape index (κ2) is 4.24. The zero-order chi connectivity index (χ0) is 17.3. The topological polar surface area (TPSA) is 43.7 Å². The third-order valence-electron chi connectivity index (χ3n) is 9.39. The Morgan fingerprint density at radius 1 is 1.24 bits per heavy atom. The number of aliphatic hydroxyl groups excluding tert-OH is 2. The number of quaternary nitrogens is 1. The van der Waals surface area contributed by atoms with Gasteiger partial charge in [0.1, 0.15) is 6.04 Å². The van der Waals surface area contributed by atoms with Crippen LogP contribution in [0, 0.1) is 17.8 Å². The maximum atomic E-state index is 11.7. The SMILES string of the molecule is CC[C@H]1[C@H]2C[C@@H]3[C@H]4N(C)c5ccccc5[C@]45C[C@@H]([C@@H]2[C@@H]5O)[N+]3(C)[C@@H]1O. The predicted octanol–water partition coefficient (Wildman–Crippen LogP) is 1.70. The highest BCUT2D eigenvalue weighted by atomic mass is 16.3. The van der Waals surface area contributed by atoms with Gasteiger partial charge in [-0.2, -0.15) is 0 Å². The first-order valence-corrected chi connectivity index (χ1v) is 10.0. The van der Waals surface area contributed by atoms with Gasteiger partial charge in [-0.15, -0.1) is 0 Å². The highest BCUT2D eigenvalue weighted by molar-refractivity contribution is 5.66. The van der Waals surface area contributed by atoms with Crippen LogP contribution in [0.15, 0.2) is 24.3 Å². The number of para-hydroxylation sites is 1. The largest absolute Gasteiger partial charge is 0.392 e. The van der Waals surface area contributed by atoms with E-state index in [1.54, 1.807) is 0 Å². The van der Waals surface area contributed by atoms with E-state index in [-0.39, 0.29) is 17.7 Å². The Bertz CT molecular complexity index is 768. The Morgan fingerprint density at radius 3 is 2.76 bits per heavy atom. The van der Waals surface area contributed by atoms with Crippen LogP contribution in [0.1, 0.15) is 31.7 Å². The summed E-state index contributed by atoms with van der Waals surface area (Å²) in [4.78, 5) is 2.44. The van der Waals surface area contributed by atoms with E-state index >= 15 is 0 Å². The van der Waals surface area contributed by atoms with E-state index in [1.807, 2.05) is 0 Å². The molecular formula is C21H29N2O2+. The summed E-state index contributed by atoms with van der Waals surface area (Å²) in [7, 11) is 4.51. The van der Waals surface area contributed by atoms with Gasteiger partial charge in [0.2, 0.25) is 0 Å². The zero-order valence-corrected chi connectivity index (χ0v) is 15.3. The number of hydrogen-bond acceptors (Lipinski definition) is 3. The summed E-state index contributed by atoms with van der Waals surface area (Å²) in [5.41, 5.74) is 2.54. The molecule has 10 atom stereocenters. The lowest BCUT2D eigenvalue weighted by Crippen LogP contribution is -2.81. The predicted molar refractivity (Wildman–Crippen MR) is 96.1 cm³/mol. The molecule has 1 spiro atoms. The first-order chi connectivity index (χ1) is 12.0. The Labute approximate surface area is 149 Å². The fraction of sp³-hybridized carbons (Fsp3) is 0.714. The fourth-order valence-electron chi connectivity index (χ4n) is 8.58. The maximum absolute atomic E-state index is 11.7. The van der Waals surface area contributed by atoms with Crippen molar-refractivity contribution in [3.63, 3.8) is 0 Å². The summed E-state index contributed by atoms with van der Waals surface area (Å²) in [5, 5.41) is 23.1. The molecule has 1 aliphatic carbocycles. The molecule has 5 fully saturated rings. The molecule has 1 saturated carbocycles. The minimum absolute atomic E-state index is 0.125. The number of rotatable bonds is 1. The first-order valence-electron chi connectivity index (χ1n) is 10.0. The number of aliphatic hydroxyl groups is 2. The number of likely N-dealkylation sites (N-methyl/N-ethyl adjacent to an activating group) is 2. The number of benzene rings is 1. The molecular weight excluding hydrogens is 312 g/mol. The summed E-state index contributed by atoms with van der Waals surface area (Å²) in [6.45, 7) is 2.21. The molecule has 2 N–H and O–H groups in total. The molecule has 0 radical (unpaired) electrons. The van der Waals surface area contributed by atoms with Gasteiger partial charge in [-0.25, -0.2) is 0 Å². The minimum Gasteiger partial charge on any atom is -0.392 e. The number of fused-ring (bicyclic) bond motifs is 2. The van der Waals surface area contributed by atoms with Crippen molar-refractivity contribution < 1.29 is 14.7 Å². The molecule has 1 unspecified atom stereocenters. The number of hydrogen-bond donors (Lipinski definition) is 2. The molecule has 6 aliphatic rings. The van der Waals surface area contributed by atoms with Gasteiger partial charge in [0.15, 0.2) is 6.23 Å². The average Bonchev–Trinajstić information content (AvgIpc) is 2.99. The summed E-state index contributed by atoms with van der Waals surface area (Å²) in [6, 6.07) is 9.87. The Balaban J connectivity index is 1.63. The smallest absolute Gasteiger partial charge is 0.193 e. The van der Waals surface area contributed by atoms with Crippen molar-refractivity contribution in [2.24, 2.45) is 17.8 Å². The summed E-state index contributed by atoms with van der Waals surface area (Å²) < 4.78 is 0.779. The average molecular weight is 341 g/mol. The molecule has 5 heterocycles. The Hall–Kier alpha value is -1.10. The van der Waals surface area contributed by atoms with Crippen LogP contribution in [-0.2, 0) is 5.41 Å². The molecule has 4 saturated heterocycles. The van der Waals surface area contributed by atoms with Crippen LogP contribution < -0.4 is 4.90 Å². The Morgan fingerprint density at radius 2 is 2.00 bits per heavy atom. The lowest BCUT2D eigenvalue weighted by molar-refractivity contribution is -1.02. The molecule has 5 aliphatic heterocycles. The van der Waals surface area contributed by atoms with E-state index in [0.717, 1.165) is 23.7 Å². The van der Waals surface area contributed by atoms with Gasteiger partial charge in [0.05, 0.1) is 30.7 Å². The summed E-state index contributed by atoms with van der Waals surface area (Å²) >= 11 is 0. The summed E-state index contributed by atoms with van der Waals surface area (Å²) in [5.74, 6) is 1.17. The van der Waals surface area contributed by atoms with Crippen molar-refractivity contribution in [2.75, 3.05) is 19.0 Å². The number of anilines is 1. The zero-order valence-electron chi connectivity index (χ0n) is 15.3. The molecule has 1 aromatic rings. The number of piperidine rings is 4. The molecule has 4 heteroatoms. The standard InChI is InChI=1S/C21H29N2O2/c1-4-11-12-9-15-18-21(13-7-5-6-8-14(13)22(18)2)10-16(17(12)19(21)24)23(15,3)20(11)25/h5-8,11-12,15-20,24-25H,4,9-10H2,1-3H3/q+1/t11-,12+,15+,16-,17+,18+,19-,20+,21+,23?/m0/s1. The molecule has 5 bridgehead atoms. The molecule has 134 valence electrons. The van der Waals surface area contributed by atoms with E-state index in [2.05, 4.69) is 50.2 Å². The maximum Gasteiger partial charge on any atom is 0.193 e. The van der Waals surface area contributed by atoms with Gasteiger partial charge >= 0.3 is 0 Å². The monoisotopic (exact) mass is 341 g/mol. The molecule has 7 rings (SSSR count). The van der Waals surface area contributed by atoms with Gasteiger partial charge in [0, 0.05) is 37.4 Å². The van der Waals surface area contributed by atoms with Crippen molar-refractivity contribution in [2.45, 2.75) is 62.1 Å². The van der Waals surface area contributed by atoms with Crippen LogP contribution in [0.2, 0.25) is 0 Å². The van der Waals surface area contributed by atoms with Crippen molar-refractivity contribution >= 4 is 5.69 Å². The second-order valence-electron chi connectivity index (χ2n) is 9.58. The quantitative estimate of drug-likeness (QED) is 0.764. The Kier molecular flexibility index (Phi) is 2.54. The summed E-state index contributed by atoms with van der Waals surface area (Å²) in [6.07, 6.45) is 2.67. The van der Waals surface area contributed by atoms with Crippen LogP contribution >= 0.6 is 0 Å². The van der Waals surface area contributed by atoms with Gasteiger partial charge in [-0.3, -0.25) is 4.48 Å². The third-order valence-corrected chi connectivity index (χ3v) is 9.39. The molecule has 0 amide bonds. The highest BCUT2D eigenvalue weighted by Crippen LogP contribution is 2.70. The minimum atomic E-state index is -0.273. The van der Waals surface area contributed by atoms with E-state index in [0.29, 0.717) is 35.9 Å². The van der Waals surface area contributed by atoms with Gasteiger partial charge in [-0.1, -0.05) is 25.1 Å². The fourth-order valence-corrected chi connectivity index (χ4v) is 8.58. The van der Waals surface area contributed by atoms with Crippen molar-refractivity contribution in [1.82, 2.24) is 0 Å². The van der Waals surface area contributed by atoms with E-state index in [9.17, 15) is 10.2 Å². The van der Waals surface area contributed by atoms with Crippen LogP contribution in [0.3, 0.4) is 0 Å². The van der Waals surface area contributed by atoms with E-state index in [1.165, 1.54) is 11.3 Å². The highest BCUT2D eigenvalue weighted by Gasteiger charge is 2.82. The normalized spacial score (nSPS) is 57.1. The lowest BCUT2D eigenvalue weighted by atomic mass is 9.61. The molecule has 1 aromatic carbocycles. The third kappa shape index (κ3) is 1.27. The molecule has 0 aromatic heterocycles. The van der Waals surface area contributed by atoms with Crippen LogP contribution in [0.5, 0.6) is 0 Å². The first kappa shape index (κ1) is 15.0. The van der Waals surface area contributed by atoms with Crippen LogP contribution in [-0.4, -0.2) is 59.2 Å². The van der Waals surface area contributed by atoms with Crippen molar-refractivity contribution in [3.8, 4) is 0 Å². The van der Waals surface area contributed by atoms with Gasteiger partial charge in [0.25, 0.3) is 0 Å². The molecule has 25 heavy (non-hydrogen) atoms. The van der Waals surface area contributed by atoms with E-state index in [4.69, 9.17) is 0 Å². The molecule has 4 nitrogen and oxygen atoms in total. The van der Waals surface area contributed by atoms with E-state index < -0.39 is 0 Å². The van der Waals surface area contributed by atoms with Crippen LogP contribution in [0.4, 0.5) is 5.69 Å². The van der Waals surface area contributed by atoms with Crippen molar-refractivity contribution in [3.05, 3.63) is 29.8 Å². The van der Waals surface area contributed by atoms with Gasteiger partial charge < -0.3 is 15.1 Å². The van der Waals surface area contributed by atoms with Gasteiger partial charge in [-0.05, 0) is 24.0 Å². The van der Waals surface area contributed by atoms with Crippen LogP contribution in [0.25, 0.3) is 0 Å². The lowest BCUT2D eigenvalue weighted by Gasteiger charge is -2.66.